The fraction of sp³-hybridized carbons (Fsp3) is 0.250. The van der Waals surface area contributed by atoms with E-state index in [-0.39, 0.29) is 0 Å². The highest BCUT2D eigenvalue weighted by Gasteiger charge is 2.13. The van der Waals surface area contributed by atoms with Crippen molar-refractivity contribution in [3.63, 3.8) is 0 Å². The third-order valence-corrected chi connectivity index (χ3v) is 2.93. The summed E-state index contributed by atoms with van der Waals surface area (Å²) >= 11 is 1.44. The second-order valence-corrected chi connectivity index (χ2v) is 4.44. The van der Waals surface area contributed by atoms with Gasteiger partial charge in [0, 0.05) is 5.75 Å². The molecule has 0 fully saturated rings. The maximum absolute atomic E-state index is 5.84. The first-order valence-corrected chi connectivity index (χ1v) is 6.36. The zero-order valence-electron chi connectivity index (χ0n) is 10.1. The molecule has 5 nitrogen and oxygen atoms in total. The summed E-state index contributed by atoms with van der Waals surface area (Å²) < 4.78 is 0. The summed E-state index contributed by atoms with van der Waals surface area (Å²) in [5, 5.41) is 0.574. The van der Waals surface area contributed by atoms with Crippen molar-refractivity contribution in [1.29, 1.82) is 0 Å². The van der Waals surface area contributed by atoms with Gasteiger partial charge in [0.2, 0.25) is 0 Å². The SMILES string of the molecule is C=CCSc1nc(C(N)C=C)nc(C(N)C=C)n1. The Hall–Kier alpha value is -1.50. The van der Waals surface area contributed by atoms with E-state index in [0.717, 1.165) is 0 Å². The maximum atomic E-state index is 5.84. The van der Waals surface area contributed by atoms with E-state index in [1.807, 2.05) is 0 Å². The first-order chi connectivity index (χ1) is 8.62. The molecule has 1 aromatic heterocycles. The Morgan fingerprint density at radius 2 is 1.50 bits per heavy atom. The van der Waals surface area contributed by atoms with Crippen molar-refractivity contribution >= 4 is 11.8 Å². The molecule has 0 aliphatic carbocycles. The van der Waals surface area contributed by atoms with Crippen LogP contribution in [0, 0.1) is 0 Å². The van der Waals surface area contributed by atoms with Crippen LogP contribution >= 0.6 is 11.8 Å². The lowest BCUT2D eigenvalue weighted by molar-refractivity contribution is 0.680. The summed E-state index contributed by atoms with van der Waals surface area (Å²) in [5.74, 6) is 1.62. The third-order valence-electron chi connectivity index (χ3n) is 2.08. The van der Waals surface area contributed by atoms with Crippen molar-refractivity contribution in [1.82, 2.24) is 15.0 Å². The van der Waals surface area contributed by atoms with Crippen LogP contribution in [0.1, 0.15) is 23.7 Å². The first kappa shape index (κ1) is 14.6. The highest BCUT2D eigenvalue weighted by molar-refractivity contribution is 7.99. The molecule has 0 radical (unpaired) electrons. The minimum Gasteiger partial charge on any atom is -0.318 e. The molecule has 6 heteroatoms. The average Bonchev–Trinajstić information content (AvgIpc) is 2.42. The number of nitrogens with zero attached hydrogens (tertiary/aromatic N) is 3. The molecule has 2 atom stereocenters. The maximum Gasteiger partial charge on any atom is 0.191 e. The summed E-state index contributed by atoms with van der Waals surface area (Å²) in [5.41, 5.74) is 11.7. The minimum absolute atomic E-state index is 0.438. The summed E-state index contributed by atoms with van der Waals surface area (Å²) in [6.07, 6.45) is 4.91. The number of hydrogen-bond donors (Lipinski definition) is 2. The van der Waals surface area contributed by atoms with E-state index in [2.05, 4.69) is 34.7 Å². The molecule has 2 unspecified atom stereocenters. The van der Waals surface area contributed by atoms with Gasteiger partial charge < -0.3 is 11.5 Å². The van der Waals surface area contributed by atoms with E-state index in [0.29, 0.717) is 22.6 Å². The van der Waals surface area contributed by atoms with E-state index >= 15 is 0 Å². The zero-order chi connectivity index (χ0) is 13.5. The first-order valence-electron chi connectivity index (χ1n) is 5.38. The zero-order valence-corrected chi connectivity index (χ0v) is 10.9. The smallest absolute Gasteiger partial charge is 0.191 e. The molecule has 1 aromatic rings. The second kappa shape index (κ2) is 7.05. The normalized spacial score (nSPS) is 13.7. The predicted octanol–water partition coefficient (Wildman–Crippen LogP) is 1.52. The third kappa shape index (κ3) is 3.76. The number of aromatic nitrogens is 3. The molecule has 1 rings (SSSR count). The fourth-order valence-electron chi connectivity index (χ4n) is 1.10. The summed E-state index contributed by atoms with van der Waals surface area (Å²) in [7, 11) is 0. The topological polar surface area (TPSA) is 90.7 Å². The van der Waals surface area contributed by atoms with E-state index in [1.54, 1.807) is 18.2 Å². The van der Waals surface area contributed by atoms with Crippen LogP contribution in [0.15, 0.2) is 43.1 Å². The van der Waals surface area contributed by atoms with Crippen LogP contribution in [0.5, 0.6) is 0 Å². The van der Waals surface area contributed by atoms with Crippen LogP contribution in [0.4, 0.5) is 0 Å². The lowest BCUT2D eigenvalue weighted by Crippen LogP contribution is -2.18. The van der Waals surface area contributed by atoms with Crippen LogP contribution in [0.25, 0.3) is 0 Å². The molecule has 1 heterocycles. The quantitative estimate of drug-likeness (QED) is 0.572. The Kier molecular flexibility index (Phi) is 5.70. The molecule has 0 saturated carbocycles. The number of rotatable bonds is 7. The predicted molar refractivity (Wildman–Crippen MR) is 75.0 cm³/mol. The van der Waals surface area contributed by atoms with Crippen LogP contribution in [-0.2, 0) is 0 Å². The highest BCUT2D eigenvalue weighted by Crippen LogP contribution is 2.17. The minimum atomic E-state index is -0.438. The van der Waals surface area contributed by atoms with Gasteiger partial charge in [-0.25, -0.2) is 15.0 Å². The van der Waals surface area contributed by atoms with Gasteiger partial charge in [-0.3, -0.25) is 0 Å². The second-order valence-electron chi connectivity index (χ2n) is 3.46. The Morgan fingerprint density at radius 3 is 1.89 bits per heavy atom. The van der Waals surface area contributed by atoms with Crippen molar-refractivity contribution in [3.8, 4) is 0 Å². The monoisotopic (exact) mass is 263 g/mol. The summed E-state index contributed by atoms with van der Waals surface area (Å²) in [6, 6.07) is -0.876. The van der Waals surface area contributed by atoms with Gasteiger partial charge in [0.05, 0.1) is 12.1 Å². The van der Waals surface area contributed by atoms with Crippen LogP contribution in [0.3, 0.4) is 0 Å². The molecule has 0 aliphatic rings. The molecule has 0 aromatic carbocycles. The number of hydrogen-bond acceptors (Lipinski definition) is 6. The number of thioether (sulfide) groups is 1. The molecular formula is C12H17N5S. The molecule has 96 valence electrons. The summed E-state index contributed by atoms with van der Waals surface area (Å²) in [4.78, 5) is 12.8. The molecule has 0 bridgehead atoms. The van der Waals surface area contributed by atoms with Gasteiger partial charge in [0.15, 0.2) is 16.8 Å². The Morgan fingerprint density at radius 1 is 1.00 bits per heavy atom. The average molecular weight is 263 g/mol. The van der Waals surface area contributed by atoms with Gasteiger partial charge >= 0.3 is 0 Å². The van der Waals surface area contributed by atoms with E-state index < -0.39 is 12.1 Å². The summed E-state index contributed by atoms with van der Waals surface area (Å²) in [6.45, 7) is 10.9. The number of nitrogens with two attached hydrogens (primary N) is 2. The van der Waals surface area contributed by atoms with Gasteiger partial charge in [-0.2, -0.15) is 0 Å². The molecular weight excluding hydrogens is 246 g/mol. The lowest BCUT2D eigenvalue weighted by Gasteiger charge is -2.11. The van der Waals surface area contributed by atoms with Crippen molar-refractivity contribution in [2.24, 2.45) is 11.5 Å². The van der Waals surface area contributed by atoms with Gasteiger partial charge in [0.25, 0.3) is 0 Å². The largest absolute Gasteiger partial charge is 0.318 e. The fourth-order valence-corrected chi connectivity index (χ4v) is 1.68. The highest BCUT2D eigenvalue weighted by atomic mass is 32.2. The standard InChI is InChI=1S/C12H17N5S/c1-4-7-18-12-16-10(8(13)5-2)15-11(17-12)9(14)6-3/h4-6,8-9H,1-3,7,13-14H2. The van der Waals surface area contributed by atoms with Crippen LogP contribution in [0.2, 0.25) is 0 Å². The van der Waals surface area contributed by atoms with Gasteiger partial charge in [0.1, 0.15) is 0 Å². The Labute approximate surface area is 111 Å². The molecule has 18 heavy (non-hydrogen) atoms. The Bertz CT molecular complexity index is 414. The van der Waals surface area contributed by atoms with E-state index in [9.17, 15) is 0 Å². The van der Waals surface area contributed by atoms with E-state index in [4.69, 9.17) is 11.5 Å². The molecule has 0 saturated heterocycles. The van der Waals surface area contributed by atoms with E-state index in [1.165, 1.54) is 11.8 Å². The van der Waals surface area contributed by atoms with Crippen molar-refractivity contribution in [2.75, 3.05) is 5.75 Å². The van der Waals surface area contributed by atoms with Gasteiger partial charge in [-0.15, -0.1) is 19.7 Å². The lowest BCUT2D eigenvalue weighted by atomic mass is 10.2. The molecule has 0 spiro atoms. The van der Waals surface area contributed by atoms with Crippen molar-refractivity contribution in [3.05, 3.63) is 49.6 Å². The van der Waals surface area contributed by atoms with Crippen LogP contribution < -0.4 is 11.5 Å². The Balaban J connectivity index is 3.14. The van der Waals surface area contributed by atoms with Crippen molar-refractivity contribution < 1.29 is 0 Å². The van der Waals surface area contributed by atoms with Crippen LogP contribution in [-0.4, -0.2) is 20.7 Å². The van der Waals surface area contributed by atoms with Gasteiger partial charge in [-0.1, -0.05) is 30.0 Å². The molecule has 0 aliphatic heterocycles. The molecule has 0 amide bonds. The molecule has 4 N–H and O–H groups in total. The van der Waals surface area contributed by atoms with Gasteiger partial charge in [-0.05, 0) is 0 Å². The van der Waals surface area contributed by atoms with Crippen molar-refractivity contribution in [2.45, 2.75) is 17.2 Å².